The number of ether oxygens (including phenoxy) is 2. The quantitative estimate of drug-likeness (QED) is 0.0492. The van der Waals surface area contributed by atoms with Crippen LogP contribution < -0.4 is 11.4 Å². The molecule has 1 aromatic heterocycles. The second kappa shape index (κ2) is 23.5. The molecule has 3 N–H and O–H groups in total. The lowest BCUT2D eigenvalue weighted by molar-refractivity contribution is -0.176. The number of esters is 1. The number of carbonyl (C=O) groups is 1. The SMILES string of the molecule is CCCCCCCCCCCCOP(=O)(O)OC[C@H]1O[C@@H](n2ccc(N)nc2=O)C(F)(F)[C@@H]1OC(=O)CCCCCCCCCCCC. The Morgan fingerprint density at radius 2 is 1.40 bits per heavy atom. The van der Waals surface area contributed by atoms with Crippen molar-refractivity contribution in [3.8, 4) is 0 Å². The highest BCUT2D eigenvalue weighted by Gasteiger charge is 2.62. The van der Waals surface area contributed by atoms with E-state index in [1.165, 1.54) is 64.2 Å². The van der Waals surface area contributed by atoms with Gasteiger partial charge in [0.25, 0.3) is 0 Å². The molecule has 0 spiro atoms. The fraction of sp³-hybridized carbons (Fsp3) is 0.853. The van der Waals surface area contributed by atoms with Gasteiger partial charge < -0.3 is 20.1 Å². The average Bonchev–Trinajstić information content (AvgIpc) is 3.28. The number of phosphoric ester groups is 1. The van der Waals surface area contributed by atoms with Crippen LogP contribution in [0, 0.1) is 0 Å². The van der Waals surface area contributed by atoms with E-state index in [1.54, 1.807) is 0 Å². The first-order chi connectivity index (χ1) is 23.0. The van der Waals surface area contributed by atoms with Gasteiger partial charge in [-0.2, -0.15) is 13.8 Å². The summed E-state index contributed by atoms with van der Waals surface area (Å²) < 4.78 is 65.3. The molecule has 2 rings (SSSR count). The van der Waals surface area contributed by atoms with Gasteiger partial charge in [0.15, 0.2) is 6.10 Å². The number of phosphoric acid groups is 1. The lowest BCUT2D eigenvalue weighted by Crippen LogP contribution is -2.44. The van der Waals surface area contributed by atoms with Gasteiger partial charge >= 0.3 is 25.4 Å². The average molecular weight is 708 g/mol. The normalized spacial score (nSPS) is 20.1. The topological polar surface area (TPSA) is 152 Å². The first-order valence-corrected chi connectivity index (χ1v) is 19.7. The van der Waals surface area contributed by atoms with Crippen molar-refractivity contribution in [1.29, 1.82) is 0 Å². The second-order valence-corrected chi connectivity index (χ2v) is 14.3. The van der Waals surface area contributed by atoms with Gasteiger partial charge in [-0.05, 0) is 18.9 Å². The monoisotopic (exact) mass is 707 g/mol. The third kappa shape index (κ3) is 16.2. The molecule has 1 saturated heterocycles. The number of aromatic nitrogens is 2. The maximum absolute atomic E-state index is 15.7. The standard InChI is InChI=1S/C34H60F2N3O8P/c1-3-5-7-9-11-13-15-17-19-21-23-30(40)47-31-28(46-32(34(31,35)36)39-25-24-29(37)38-33(39)41)27-45-48(42,43)44-26-22-20-18-16-14-12-10-8-6-4-2/h24-25,28,31-32H,3-23,26-27H2,1-2H3,(H,42,43)(H2,37,38,41)/t28-,31-,32-/m1/s1. The van der Waals surface area contributed by atoms with Crippen molar-refractivity contribution in [3.63, 3.8) is 0 Å². The summed E-state index contributed by atoms with van der Waals surface area (Å²) in [6, 6.07) is 1.15. The number of carbonyl (C=O) groups excluding carboxylic acids is 1. The molecule has 0 aromatic carbocycles. The number of hydrogen-bond acceptors (Lipinski definition) is 9. The van der Waals surface area contributed by atoms with E-state index in [4.69, 9.17) is 24.3 Å². The number of nitrogens with two attached hydrogens (primary N) is 1. The Kier molecular flexibility index (Phi) is 20.7. The van der Waals surface area contributed by atoms with Crippen LogP contribution in [-0.4, -0.2) is 51.8 Å². The lowest BCUT2D eigenvalue weighted by atomic mass is 10.1. The molecule has 0 bridgehead atoms. The Balaban J connectivity index is 1.87. The van der Waals surface area contributed by atoms with Gasteiger partial charge in [0, 0.05) is 12.6 Å². The molecule has 0 saturated carbocycles. The Morgan fingerprint density at radius 1 is 0.896 bits per heavy atom. The number of halogens is 2. The van der Waals surface area contributed by atoms with E-state index in [0.29, 0.717) is 17.4 Å². The molecule has 2 heterocycles. The Labute approximate surface area is 285 Å². The number of alkyl halides is 2. The molecule has 278 valence electrons. The minimum absolute atomic E-state index is 0.0433. The molecular weight excluding hydrogens is 647 g/mol. The molecule has 1 aliphatic heterocycles. The smallest absolute Gasteiger partial charge is 0.453 e. The predicted octanol–water partition coefficient (Wildman–Crippen LogP) is 8.64. The maximum Gasteiger partial charge on any atom is 0.472 e. The molecule has 1 aliphatic rings. The summed E-state index contributed by atoms with van der Waals surface area (Å²) in [5, 5.41) is 0. The van der Waals surface area contributed by atoms with Crippen molar-refractivity contribution in [2.24, 2.45) is 0 Å². The molecule has 1 fully saturated rings. The number of anilines is 1. The van der Waals surface area contributed by atoms with E-state index in [-0.39, 0.29) is 18.8 Å². The zero-order valence-electron chi connectivity index (χ0n) is 29.1. The number of hydrogen-bond donors (Lipinski definition) is 2. The van der Waals surface area contributed by atoms with Crippen LogP contribution in [-0.2, 0) is 27.9 Å². The Morgan fingerprint density at radius 3 is 1.92 bits per heavy atom. The maximum atomic E-state index is 15.7. The van der Waals surface area contributed by atoms with Gasteiger partial charge in [0.1, 0.15) is 11.9 Å². The molecule has 48 heavy (non-hydrogen) atoms. The molecular formula is C34H60F2N3O8P. The van der Waals surface area contributed by atoms with Crippen molar-refractivity contribution < 1.29 is 41.6 Å². The number of unbranched alkanes of at least 4 members (excludes halogenated alkanes) is 18. The van der Waals surface area contributed by atoms with E-state index in [9.17, 15) is 19.0 Å². The summed E-state index contributed by atoms with van der Waals surface area (Å²) in [6.07, 6.45) is 16.0. The Bertz CT molecular complexity index is 1140. The van der Waals surface area contributed by atoms with E-state index in [2.05, 4.69) is 18.8 Å². The Hall–Kier alpha value is -1.92. The van der Waals surface area contributed by atoms with Gasteiger partial charge in [-0.15, -0.1) is 0 Å². The number of nitrogen functional groups attached to an aromatic ring is 1. The highest BCUT2D eigenvalue weighted by atomic mass is 31.2. The van der Waals surface area contributed by atoms with Crippen LogP contribution >= 0.6 is 7.82 Å². The molecule has 1 aromatic rings. The molecule has 4 atom stereocenters. The first-order valence-electron chi connectivity index (χ1n) is 18.2. The summed E-state index contributed by atoms with van der Waals surface area (Å²) in [7, 11) is -4.63. The molecule has 11 nitrogen and oxygen atoms in total. The largest absolute Gasteiger partial charge is 0.472 e. The van der Waals surface area contributed by atoms with Crippen LogP contribution in [0.5, 0.6) is 0 Å². The molecule has 0 radical (unpaired) electrons. The van der Waals surface area contributed by atoms with Gasteiger partial charge in [-0.25, -0.2) is 9.36 Å². The van der Waals surface area contributed by atoms with E-state index >= 15 is 8.78 Å². The van der Waals surface area contributed by atoms with Gasteiger partial charge in [0.2, 0.25) is 6.23 Å². The summed E-state index contributed by atoms with van der Waals surface area (Å²) in [6.45, 7) is 3.48. The van der Waals surface area contributed by atoms with Crippen molar-refractivity contribution in [2.75, 3.05) is 18.9 Å². The van der Waals surface area contributed by atoms with Crippen LogP contribution in [0.1, 0.15) is 155 Å². The van der Waals surface area contributed by atoms with Crippen LogP contribution in [0.15, 0.2) is 17.1 Å². The lowest BCUT2D eigenvalue weighted by Gasteiger charge is -2.24. The number of nitrogens with zero attached hydrogens (tertiary/aromatic N) is 2. The minimum atomic E-state index is -4.63. The third-order valence-electron chi connectivity index (χ3n) is 8.60. The fourth-order valence-electron chi connectivity index (χ4n) is 5.78. The van der Waals surface area contributed by atoms with Gasteiger partial charge in [-0.1, -0.05) is 129 Å². The van der Waals surface area contributed by atoms with Crippen molar-refractivity contribution >= 4 is 19.6 Å². The highest BCUT2D eigenvalue weighted by molar-refractivity contribution is 7.47. The zero-order valence-corrected chi connectivity index (χ0v) is 30.0. The molecule has 1 unspecified atom stereocenters. The van der Waals surface area contributed by atoms with Crippen molar-refractivity contribution in [1.82, 2.24) is 9.55 Å². The van der Waals surface area contributed by atoms with Crippen LogP contribution in [0.25, 0.3) is 0 Å². The van der Waals surface area contributed by atoms with Crippen molar-refractivity contribution in [2.45, 2.75) is 173 Å². The first kappa shape index (κ1) is 42.2. The van der Waals surface area contributed by atoms with E-state index in [0.717, 1.165) is 63.6 Å². The molecule has 14 heteroatoms. The molecule has 0 aliphatic carbocycles. The van der Waals surface area contributed by atoms with Crippen LogP contribution in [0.2, 0.25) is 0 Å². The molecule has 0 amide bonds. The van der Waals surface area contributed by atoms with Crippen LogP contribution in [0.4, 0.5) is 14.6 Å². The third-order valence-corrected chi connectivity index (χ3v) is 9.59. The highest BCUT2D eigenvalue weighted by Crippen LogP contribution is 2.48. The predicted molar refractivity (Wildman–Crippen MR) is 182 cm³/mol. The summed E-state index contributed by atoms with van der Waals surface area (Å²) in [5.74, 6) is -4.93. The van der Waals surface area contributed by atoms with Gasteiger partial charge in [0.05, 0.1) is 13.2 Å². The summed E-state index contributed by atoms with van der Waals surface area (Å²) >= 11 is 0. The van der Waals surface area contributed by atoms with E-state index in [1.807, 2.05) is 0 Å². The summed E-state index contributed by atoms with van der Waals surface area (Å²) in [4.78, 5) is 38.7. The van der Waals surface area contributed by atoms with Crippen molar-refractivity contribution in [3.05, 3.63) is 22.7 Å². The van der Waals surface area contributed by atoms with Gasteiger partial charge in [-0.3, -0.25) is 18.4 Å². The van der Waals surface area contributed by atoms with Crippen LogP contribution in [0.3, 0.4) is 0 Å². The zero-order chi connectivity index (χ0) is 35.3. The minimum Gasteiger partial charge on any atom is -0.453 e. The van der Waals surface area contributed by atoms with E-state index < -0.39 is 50.4 Å². The fourth-order valence-corrected chi connectivity index (χ4v) is 6.55. The summed E-state index contributed by atoms with van der Waals surface area (Å²) in [5.41, 5.74) is 4.41. The number of rotatable bonds is 28. The second-order valence-electron chi connectivity index (χ2n) is 12.9.